The average Bonchev–Trinajstić information content (AvgIpc) is 3.23. The molecule has 1 aliphatic rings. The summed E-state index contributed by atoms with van der Waals surface area (Å²) in [5.74, 6) is 0.608. The van der Waals surface area contributed by atoms with E-state index >= 15 is 0 Å². The van der Waals surface area contributed by atoms with Crippen LogP contribution < -0.4 is 10.1 Å². The largest absolute Gasteiger partial charge is 0.497 e. The Kier molecular flexibility index (Phi) is 5.43. The lowest BCUT2D eigenvalue weighted by atomic mass is 10.2. The van der Waals surface area contributed by atoms with Crippen LogP contribution in [0.2, 0.25) is 0 Å². The monoisotopic (exact) mass is 388 g/mol. The minimum absolute atomic E-state index is 0.311. The van der Waals surface area contributed by atoms with Crippen molar-refractivity contribution in [3.63, 3.8) is 0 Å². The number of carbonyl (C=O) groups excluding carboxylic acids is 2. The summed E-state index contributed by atoms with van der Waals surface area (Å²) < 4.78 is 10.7. The van der Waals surface area contributed by atoms with Crippen LogP contribution in [0, 0.1) is 0 Å². The number of nitrogens with zero attached hydrogens (tertiary/aromatic N) is 1. The summed E-state index contributed by atoms with van der Waals surface area (Å²) in [6, 6.07) is 9.67. The average molecular weight is 388 g/mol. The molecule has 0 bridgehead atoms. The van der Waals surface area contributed by atoms with Gasteiger partial charge in [0.05, 0.1) is 18.3 Å². The lowest BCUT2D eigenvalue weighted by Gasteiger charge is -2.22. The summed E-state index contributed by atoms with van der Waals surface area (Å²) in [6.07, 6.45) is 3.14. The normalized spacial score (nSPS) is 16.8. The Morgan fingerprint density at radius 1 is 1.35 bits per heavy atom. The van der Waals surface area contributed by atoms with Crippen molar-refractivity contribution in [3.05, 3.63) is 53.3 Å². The van der Waals surface area contributed by atoms with Gasteiger partial charge in [0.2, 0.25) is 5.91 Å². The number of carbonyl (C=O) groups is 2. The zero-order valence-electron chi connectivity index (χ0n) is 14.1. The van der Waals surface area contributed by atoms with E-state index in [2.05, 4.69) is 5.32 Å². The van der Waals surface area contributed by atoms with Crippen molar-refractivity contribution in [1.82, 2.24) is 4.90 Å². The van der Waals surface area contributed by atoms with E-state index in [0.29, 0.717) is 26.4 Å². The van der Waals surface area contributed by atoms with Crippen LogP contribution in [-0.2, 0) is 9.59 Å². The Bertz CT molecular complexity index is 860. The maximum atomic E-state index is 12.6. The third kappa shape index (κ3) is 3.81. The van der Waals surface area contributed by atoms with Gasteiger partial charge in [-0.15, -0.1) is 0 Å². The van der Waals surface area contributed by atoms with Gasteiger partial charge < -0.3 is 14.5 Å². The predicted octanol–water partition coefficient (Wildman–Crippen LogP) is 3.52. The summed E-state index contributed by atoms with van der Waals surface area (Å²) in [6.45, 7) is 1.64. The summed E-state index contributed by atoms with van der Waals surface area (Å²) >= 11 is 6.43. The van der Waals surface area contributed by atoms with Gasteiger partial charge in [0.15, 0.2) is 0 Å². The highest BCUT2D eigenvalue weighted by molar-refractivity contribution is 8.26. The van der Waals surface area contributed by atoms with E-state index in [-0.39, 0.29) is 11.8 Å². The minimum Gasteiger partial charge on any atom is -0.497 e. The number of hydrogen-bond donors (Lipinski definition) is 1. The first kappa shape index (κ1) is 18.2. The van der Waals surface area contributed by atoms with Crippen molar-refractivity contribution >= 4 is 51.9 Å². The summed E-state index contributed by atoms with van der Waals surface area (Å²) in [5, 5.41) is 2.78. The van der Waals surface area contributed by atoms with E-state index < -0.39 is 6.04 Å². The first-order valence-corrected chi connectivity index (χ1v) is 8.97. The number of furan rings is 1. The molecule has 26 heavy (non-hydrogen) atoms. The molecular formula is C18H16N2O4S2. The van der Waals surface area contributed by atoms with Gasteiger partial charge in [-0.2, -0.15) is 0 Å². The fourth-order valence-corrected chi connectivity index (χ4v) is 3.75. The van der Waals surface area contributed by atoms with Crippen molar-refractivity contribution in [2.75, 3.05) is 12.4 Å². The van der Waals surface area contributed by atoms with Crippen LogP contribution in [-0.4, -0.2) is 34.2 Å². The Hall–Kier alpha value is -2.58. The van der Waals surface area contributed by atoms with Crippen molar-refractivity contribution in [2.24, 2.45) is 0 Å². The molecule has 1 aromatic heterocycles. The molecule has 1 atom stereocenters. The second kappa shape index (κ2) is 7.76. The molecule has 0 saturated carbocycles. The van der Waals surface area contributed by atoms with E-state index in [1.165, 1.54) is 11.2 Å². The molecule has 0 aliphatic carbocycles. The first-order valence-electron chi connectivity index (χ1n) is 7.75. The van der Waals surface area contributed by atoms with Crippen LogP contribution in [0.4, 0.5) is 5.69 Å². The number of thioether (sulfide) groups is 1. The number of rotatable bonds is 5. The molecule has 2 amide bonds. The smallest absolute Gasteiger partial charge is 0.267 e. The SMILES string of the molecule is COc1ccc(NC(=O)C(C)N2C(=O)/C(=C/c3ccco3)SC2=S)cc1. The van der Waals surface area contributed by atoms with Crippen molar-refractivity contribution in [2.45, 2.75) is 13.0 Å². The van der Waals surface area contributed by atoms with E-state index in [0.717, 1.165) is 11.8 Å². The van der Waals surface area contributed by atoms with Gasteiger partial charge in [-0.1, -0.05) is 24.0 Å². The lowest BCUT2D eigenvalue weighted by molar-refractivity contribution is -0.129. The molecule has 0 radical (unpaired) electrons. The molecule has 2 aromatic rings. The van der Waals surface area contributed by atoms with Crippen LogP contribution >= 0.6 is 24.0 Å². The predicted molar refractivity (Wildman–Crippen MR) is 105 cm³/mol. The number of ether oxygens (including phenoxy) is 1. The zero-order chi connectivity index (χ0) is 18.7. The highest BCUT2D eigenvalue weighted by atomic mass is 32.2. The van der Waals surface area contributed by atoms with Crippen LogP contribution in [0.25, 0.3) is 6.08 Å². The summed E-state index contributed by atoms with van der Waals surface area (Å²) in [4.78, 5) is 26.9. The number of anilines is 1. The van der Waals surface area contributed by atoms with E-state index in [9.17, 15) is 9.59 Å². The topological polar surface area (TPSA) is 71.8 Å². The number of thiocarbonyl (C=S) groups is 1. The van der Waals surface area contributed by atoms with Gasteiger partial charge >= 0.3 is 0 Å². The maximum absolute atomic E-state index is 12.6. The van der Waals surface area contributed by atoms with Crippen molar-refractivity contribution in [1.29, 1.82) is 0 Å². The number of amides is 2. The molecule has 1 aliphatic heterocycles. The molecule has 1 fully saturated rings. The first-order chi connectivity index (χ1) is 12.5. The lowest BCUT2D eigenvalue weighted by Crippen LogP contribution is -2.44. The van der Waals surface area contributed by atoms with Gasteiger partial charge in [0, 0.05) is 11.8 Å². The van der Waals surface area contributed by atoms with Crippen molar-refractivity contribution < 1.29 is 18.7 Å². The number of hydrogen-bond acceptors (Lipinski definition) is 6. The minimum atomic E-state index is -0.743. The second-order valence-corrected chi connectivity index (χ2v) is 7.14. The molecule has 134 valence electrons. The van der Waals surface area contributed by atoms with Crippen LogP contribution in [0.3, 0.4) is 0 Å². The highest BCUT2D eigenvalue weighted by Gasteiger charge is 2.38. The Morgan fingerprint density at radius 3 is 2.69 bits per heavy atom. The third-order valence-electron chi connectivity index (χ3n) is 3.76. The standard InChI is InChI=1S/C18H16N2O4S2/c1-11(16(21)19-12-5-7-13(23-2)8-6-12)20-17(22)15(26-18(20)25)10-14-4-3-9-24-14/h3-11H,1-2H3,(H,19,21)/b15-10-. The van der Waals surface area contributed by atoms with Crippen LogP contribution in [0.5, 0.6) is 5.75 Å². The Morgan fingerprint density at radius 2 is 2.08 bits per heavy atom. The van der Waals surface area contributed by atoms with Crippen LogP contribution in [0.15, 0.2) is 52.0 Å². The Balaban J connectivity index is 1.71. The molecule has 1 N–H and O–H groups in total. The van der Waals surface area contributed by atoms with Crippen molar-refractivity contribution in [3.8, 4) is 5.75 Å². The summed E-state index contributed by atoms with van der Waals surface area (Å²) in [5.41, 5.74) is 0.610. The molecule has 1 aromatic carbocycles. The second-order valence-electron chi connectivity index (χ2n) is 5.46. The Labute approximate surface area is 160 Å². The highest BCUT2D eigenvalue weighted by Crippen LogP contribution is 2.34. The van der Waals surface area contributed by atoms with Gasteiger partial charge in [0.25, 0.3) is 5.91 Å². The zero-order valence-corrected chi connectivity index (χ0v) is 15.7. The molecule has 6 nitrogen and oxygen atoms in total. The molecule has 1 saturated heterocycles. The molecule has 8 heteroatoms. The van der Waals surface area contributed by atoms with Gasteiger partial charge in [-0.25, -0.2) is 0 Å². The number of methoxy groups -OCH3 is 1. The fourth-order valence-electron chi connectivity index (χ4n) is 2.35. The maximum Gasteiger partial charge on any atom is 0.267 e. The third-order valence-corrected chi connectivity index (χ3v) is 5.09. The fraction of sp³-hybridized carbons (Fsp3) is 0.167. The van der Waals surface area contributed by atoms with Gasteiger partial charge in [-0.05, 0) is 43.3 Å². The molecule has 3 rings (SSSR count). The van der Waals surface area contributed by atoms with Gasteiger partial charge in [0.1, 0.15) is 21.9 Å². The quantitative estimate of drug-likeness (QED) is 0.624. The van der Waals surface area contributed by atoms with E-state index in [1.807, 2.05) is 0 Å². The summed E-state index contributed by atoms with van der Waals surface area (Å²) in [7, 11) is 1.57. The number of nitrogens with one attached hydrogen (secondary N) is 1. The van der Waals surface area contributed by atoms with E-state index in [4.69, 9.17) is 21.4 Å². The van der Waals surface area contributed by atoms with Crippen LogP contribution in [0.1, 0.15) is 12.7 Å². The molecule has 2 heterocycles. The van der Waals surface area contributed by atoms with Gasteiger partial charge in [-0.3, -0.25) is 14.5 Å². The van der Waals surface area contributed by atoms with E-state index in [1.54, 1.807) is 56.5 Å². The number of benzene rings is 1. The molecule has 1 unspecified atom stereocenters. The molecular weight excluding hydrogens is 372 g/mol. The molecule has 0 spiro atoms.